The molecule has 0 saturated heterocycles. The molecule has 0 aliphatic carbocycles. The molecule has 166 valence electrons. The van der Waals surface area contributed by atoms with E-state index in [1.165, 1.54) is 24.3 Å². The van der Waals surface area contributed by atoms with Crippen LogP contribution in [0.2, 0.25) is 0 Å². The van der Waals surface area contributed by atoms with E-state index in [-0.39, 0.29) is 11.3 Å². The van der Waals surface area contributed by atoms with Crippen LogP contribution < -0.4 is 4.74 Å². The van der Waals surface area contributed by atoms with Gasteiger partial charge in [0.15, 0.2) is 0 Å². The summed E-state index contributed by atoms with van der Waals surface area (Å²) in [5.74, 6) is -0.840. The maximum atomic E-state index is 14.7. The minimum Gasteiger partial charge on any atom is -0.429 e. The number of aryl methyl sites for hydroxylation is 2. The van der Waals surface area contributed by atoms with Crippen LogP contribution in [0.4, 0.5) is 13.2 Å². The third-order valence-corrected chi connectivity index (χ3v) is 5.21. The molecule has 0 spiro atoms. The average molecular weight is 437 g/mol. The lowest BCUT2D eigenvalue weighted by atomic mass is 10.0. The molecule has 0 bridgehead atoms. The first-order valence-electron chi connectivity index (χ1n) is 10.7. The van der Waals surface area contributed by atoms with Gasteiger partial charge in [-0.25, -0.2) is 4.39 Å². The summed E-state index contributed by atoms with van der Waals surface area (Å²) in [5.41, 5.74) is 2.83. The molecule has 32 heavy (non-hydrogen) atoms. The zero-order chi connectivity index (χ0) is 23.0. The standard InChI is InChI=1S/C28H27F3O/c1-3-5-7-9-22-12-16-24(17-13-22)28(30,31)32-25-18-19-26(27(29)20-25)23-14-10-21(11-15-23)8-6-4-2/h3-5,10-20H,2,6-9H2,1H3/b5-3+. The molecule has 0 aromatic heterocycles. The van der Waals surface area contributed by atoms with Crippen LogP contribution in [0, 0.1) is 5.82 Å². The summed E-state index contributed by atoms with van der Waals surface area (Å²) >= 11 is 0. The molecular formula is C28H27F3O. The van der Waals surface area contributed by atoms with E-state index in [4.69, 9.17) is 4.74 Å². The lowest BCUT2D eigenvalue weighted by molar-refractivity contribution is -0.185. The Hall–Kier alpha value is -3.27. The van der Waals surface area contributed by atoms with Gasteiger partial charge < -0.3 is 4.74 Å². The normalized spacial score (nSPS) is 11.6. The Morgan fingerprint density at radius 3 is 2.09 bits per heavy atom. The minimum atomic E-state index is -3.57. The van der Waals surface area contributed by atoms with Crippen molar-refractivity contribution in [1.82, 2.24) is 0 Å². The molecule has 0 fully saturated rings. The molecule has 0 N–H and O–H groups in total. The van der Waals surface area contributed by atoms with Crippen molar-refractivity contribution in [2.24, 2.45) is 0 Å². The Morgan fingerprint density at radius 1 is 0.875 bits per heavy atom. The zero-order valence-corrected chi connectivity index (χ0v) is 18.2. The second-order valence-corrected chi connectivity index (χ2v) is 7.59. The van der Waals surface area contributed by atoms with E-state index in [2.05, 4.69) is 6.58 Å². The number of ether oxygens (including phenoxy) is 1. The number of allylic oxidation sites excluding steroid dienone is 3. The van der Waals surface area contributed by atoms with Gasteiger partial charge in [0.05, 0.1) is 5.56 Å². The molecule has 0 radical (unpaired) electrons. The highest BCUT2D eigenvalue weighted by molar-refractivity contribution is 5.65. The van der Waals surface area contributed by atoms with Crippen molar-refractivity contribution in [2.75, 3.05) is 0 Å². The fourth-order valence-corrected chi connectivity index (χ4v) is 3.40. The quantitative estimate of drug-likeness (QED) is 0.291. The maximum Gasteiger partial charge on any atom is 0.426 e. The van der Waals surface area contributed by atoms with Gasteiger partial charge in [-0.05, 0) is 73.6 Å². The fraction of sp³-hybridized carbons (Fsp3) is 0.214. The Morgan fingerprint density at radius 2 is 1.50 bits per heavy atom. The fourth-order valence-electron chi connectivity index (χ4n) is 3.40. The van der Waals surface area contributed by atoms with Crippen molar-refractivity contribution < 1.29 is 17.9 Å². The van der Waals surface area contributed by atoms with Gasteiger partial charge in [-0.3, -0.25) is 0 Å². The van der Waals surface area contributed by atoms with Crippen molar-refractivity contribution in [2.45, 2.75) is 38.7 Å². The van der Waals surface area contributed by atoms with Gasteiger partial charge in [-0.1, -0.05) is 54.6 Å². The molecule has 1 nitrogen and oxygen atoms in total. The molecule has 0 atom stereocenters. The maximum absolute atomic E-state index is 14.7. The van der Waals surface area contributed by atoms with Crippen LogP contribution in [0.15, 0.2) is 91.5 Å². The van der Waals surface area contributed by atoms with E-state index in [0.717, 1.165) is 42.9 Å². The second kappa shape index (κ2) is 10.9. The van der Waals surface area contributed by atoms with Crippen LogP contribution in [0.3, 0.4) is 0 Å². The summed E-state index contributed by atoms with van der Waals surface area (Å²) in [6, 6.07) is 17.4. The lowest BCUT2D eigenvalue weighted by Gasteiger charge is -2.19. The Kier molecular flexibility index (Phi) is 7.93. The van der Waals surface area contributed by atoms with Gasteiger partial charge in [0, 0.05) is 11.6 Å². The summed E-state index contributed by atoms with van der Waals surface area (Å²) in [5, 5.41) is 0. The van der Waals surface area contributed by atoms with Crippen LogP contribution in [0.1, 0.15) is 36.5 Å². The minimum absolute atomic E-state index is 0.226. The molecule has 3 aromatic rings. The topological polar surface area (TPSA) is 9.23 Å². The number of halogens is 3. The predicted octanol–water partition coefficient (Wildman–Crippen LogP) is 8.25. The van der Waals surface area contributed by atoms with Crippen LogP contribution in [-0.4, -0.2) is 0 Å². The third kappa shape index (κ3) is 6.13. The van der Waals surface area contributed by atoms with E-state index < -0.39 is 11.9 Å². The highest BCUT2D eigenvalue weighted by Crippen LogP contribution is 2.34. The molecule has 0 aliphatic rings. The number of hydrogen-bond donors (Lipinski definition) is 0. The first-order valence-corrected chi connectivity index (χ1v) is 10.7. The van der Waals surface area contributed by atoms with Gasteiger partial charge in [-0.2, -0.15) is 8.78 Å². The lowest BCUT2D eigenvalue weighted by Crippen LogP contribution is -2.22. The van der Waals surface area contributed by atoms with Gasteiger partial charge in [0.25, 0.3) is 0 Å². The molecule has 0 unspecified atom stereocenters. The van der Waals surface area contributed by atoms with E-state index in [1.54, 1.807) is 12.1 Å². The number of rotatable bonds is 10. The first-order chi connectivity index (χ1) is 15.4. The SMILES string of the molecule is C=CCCc1ccc(-c2ccc(OC(F)(F)c3ccc(CC/C=C/C)cc3)cc2F)cc1. The monoisotopic (exact) mass is 436 g/mol. The second-order valence-electron chi connectivity index (χ2n) is 7.59. The van der Waals surface area contributed by atoms with Gasteiger partial charge in [0.1, 0.15) is 11.6 Å². The van der Waals surface area contributed by atoms with Gasteiger partial charge >= 0.3 is 6.11 Å². The highest BCUT2D eigenvalue weighted by Gasteiger charge is 2.34. The van der Waals surface area contributed by atoms with E-state index in [9.17, 15) is 13.2 Å². The summed E-state index contributed by atoms with van der Waals surface area (Å²) in [6.07, 6.45) is 5.63. The Labute approximate surface area is 187 Å². The van der Waals surface area contributed by atoms with Crippen molar-refractivity contribution in [3.63, 3.8) is 0 Å². The largest absolute Gasteiger partial charge is 0.429 e. The molecule has 0 saturated carbocycles. The third-order valence-electron chi connectivity index (χ3n) is 5.21. The van der Waals surface area contributed by atoms with Crippen LogP contribution in [0.25, 0.3) is 11.1 Å². The van der Waals surface area contributed by atoms with Crippen molar-refractivity contribution in [3.05, 3.63) is 114 Å². The van der Waals surface area contributed by atoms with Gasteiger partial charge in [0.2, 0.25) is 0 Å². The zero-order valence-electron chi connectivity index (χ0n) is 18.2. The number of benzene rings is 3. The molecule has 3 rings (SSSR count). The molecule has 4 heteroatoms. The smallest absolute Gasteiger partial charge is 0.426 e. The summed E-state index contributed by atoms with van der Waals surface area (Å²) < 4.78 is 48.8. The van der Waals surface area contributed by atoms with Crippen molar-refractivity contribution in [1.29, 1.82) is 0 Å². The van der Waals surface area contributed by atoms with Crippen LogP contribution >= 0.6 is 0 Å². The van der Waals surface area contributed by atoms with Crippen molar-refractivity contribution in [3.8, 4) is 16.9 Å². The highest BCUT2D eigenvalue weighted by atomic mass is 19.3. The number of alkyl halides is 2. The van der Waals surface area contributed by atoms with E-state index >= 15 is 0 Å². The summed E-state index contributed by atoms with van der Waals surface area (Å²) in [6.45, 7) is 5.65. The Balaban J connectivity index is 1.70. The van der Waals surface area contributed by atoms with E-state index in [1.807, 2.05) is 49.4 Å². The average Bonchev–Trinajstić information content (AvgIpc) is 2.78. The predicted molar refractivity (Wildman–Crippen MR) is 124 cm³/mol. The van der Waals surface area contributed by atoms with Crippen LogP contribution in [-0.2, 0) is 19.0 Å². The Bertz CT molecular complexity index is 1050. The van der Waals surface area contributed by atoms with Crippen LogP contribution in [0.5, 0.6) is 5.75 Å². The van der Waals surface area contributed by atoms with Crippen molar-refractivity contribution >= 4 is 0 Å². The van der Waals surface area contributed by atoms with Gasteiger partial charge in [-0.15, -0.1) is 6.58 Å². The summed E-state index contributed by atoms with van der Waals surface area (Å²) in [7, 11) is 0. The molecular weight excluding hydrogens is 409 g/mol. The first kappa shape index (κ1) is 23.4. The molecule has 0 heterocycles. The van der Waals surface area contributed by atoms with E-state index in [0.29, 0.717) is 11.1 Å². The molecule has 0 amide bonds. The number of hydrogen-bond acceptors (Lipinski definition) is 1. The molecule has 3 aromatic carbocycles. The molecule has 0 aliphatic heterocycles. The summed E-state index contributed by atoms with van der Waals surface area (Å²) in [4.78, 5) is 0.